The Morgan fingerprint density at radius 3 is 2.19 bits per heavy atom. The number of hydrogen-bond donors (Lipinski definition) is 0. The lowest BCUT2D eigenvalue weighted by Gasteiger charge is -2.38. The van der Waals surface area contributed by atoms with Gasteiger partial charge in [-0.1, -0.05) is 98.8 Å². The number of aryl methyl sites for hydroxylation is 1. The maximum Gasteiger partial charge on any atom is 0.330 e. The van der Waals surface area contributed by atoms with E-state index in [0.717, 1.165) is 36.0 Å². The Balaban J connectivity index is 1.56. The van der Waals surface area contributed by atoms with Gasteiger partial charge in [-0.15, -0.1) is 0 Å². The Hall–Kier alpha value is -3.51. The highest BCUT2D eigenvalue weighted by Crippen LogP contribution is 2.28. The standard InChI is InChI=1S/C35H43N2O5P/c1-4-41-35(43(40)22-14-13-17-28-15-7-5-8-16-28)37(24-27(2)3)34(39)36-25-31-21-12-11-20-30(31)23-32(36)33(38)42-26-29-18-9-6-10-19-29/h5-12,15-16,18-21,27,32H,4,13-14,17,22-26H2,1-3H3. The molecule has 0 radical (unpaired) electrons. The second kappa shape index (κ2) is 16.4. The zero-order valence-corrected chi connectivity index (χ0v) is 26.4. The number of unbranched alkanes of at least 4 members (excludes halogenated alkanes) is 1. The fourth-order valence-electron chi connectivity index (χ4n) is 5.26. The van der Waals surface area contributed by atoms with E-state index in [1.54, 1.807) is 4.90 Å². The van der Waals surface area contributed by atoms with Gasteiger partial charge in [0.05, 0.1) is 6.61 Å². The molecule has 3 aromatic rings. The number of hydrogen-bond acceptors (Lipinski definition) is 5. The van der Waals surface area contributed by atoms with Crippen molar-refractivity contribution in [2.45, 2.75) is 65.6 Å². The van der Waals surface area contributed by atoms with Crippen LogP contribution in [-0.2, 0) is 40.3 Å². The zero-order chi connectivity index (χ0) is 30.6. The molecule has 2 amide bonds. The van der Waals surface area contributed by atoms with Crippen molar-refractivity contribution in [2.24, 2.45) is 5.92 Å². The number of esters is 1. The lowest BCUT2D eigenvalue weighted by Crippen LogP contribution is -2.56. The predicted molar refractivity (Wildman–Crippen MR) is 170 cm³/mol. The van der Waals surface area contributed by atoms with Crippen molar-refractivity contribution in [1.29, 1.82) is 0 Å². The number of ether oxygens (including phenoxy) is 2. The van der Waals surface area contributed by atoms with Gasteiger partial charge in [0.25, 0.3) is 0 Å². The summed E-state index contributed by atoms with van der Waals surface area (Å²) in [7, 11) is -1.97. The Kier molecular flexibility index (Phi) is 12.3. The van der Waals surface area contributed by atoms with Crippen LogP contribution in [0.1, 0.15) is 55.9 Å². The molecule has 0 aliphatic carbocycles. The molecule has 0 saturated heterocycles. The number of benzene rings is 3. The third-order valence-corrected chi connectivity index (χ3v) is 8.93. The van der Waals surface area contributed by atoms with Crippen molar-refractivity contribution in [3.05, 3.63) is 107 Å². The summed E-state index contributed by atoms with van der Waals surface area (Å²) in [5.74, 6) is -0.374. The molecular formula is C35H43N2O5P. The molecule has 2 atom stereocenters. The number of nitrogens with zero attached hydrogens (tertiary/aromatic N) is 2. The molecule has 1 aliphatic rings. The maximum atomic E-state index is 14.4. The van der Waals surface area contributed by atoms with Crippen molar-refractivity contribution in [1.82, 2.24) is 9.80 Å². The number of rotatable bonds is 13. The van der Waals surface area contributed by atoms with Gasteiger partial charge in [-0.05, 0) is 54.4 Å². The van der Waals surface area contributed by atoms with E-state index in [0.29, 0.717) is 19.1 Å². The van der Waals surface area contributed by atoms with Crippen LogP contribution in [-0.4, -0.2) is 52.8 Å². The molecule has 0 N–H and O–H groups in total. The number of urea groups is 1. The van der Waals surface area contributed by atoms with E-state index in [1.807, 2.05) is 93.6 Å². The fraction of sp³-hybridized carbons (Fsp3) is 0.400. The van der Waals surface area contributed by atoms with Crippen LogP contribution in [0.4, 0.5) is 4.79 Å². The summed E-state index contributed by atoms with van der Waals surface area (Å²) in [6.07, 6.45) is 3.31. The largest absolute Gasteiger partial charge is 0.627 e. The van der Waals surface area contributed by atoms with Crippen molar-refractivity contribution in [2.75, 3.05) is 19.3 Å². The molecule has 4 rings (SSSR count). The van der Waals surface area contributed by atoms with Gasteiger partial charge < -0.3 is 14.5 Å². The average molecular weight is 603 g/mol. The summed E-state index contributed by atoms with van der Waals surface area (Å²) in [6.45, 7) is 6.83. The van der Waals surface area contributed by atoms with Crippen LogP contribution < -0.4 is 4.89 Å². The molecule has 7 nitrogen and oxygen atoms in total. The Morgan fingerprint density at radius 2 is 1.53 bits per heavy atom. The predicted octanol–water partition coefficient (Wildman–Crippen LogP) is 6.14. The first kappa shape index (κ1) is 32.4. The summed E-state index contributed by atoms with van der Waals surface area (Å²) in [5.41, 5.74) is 4.32. The molecule has 228 valence electrons. The van der Waals surface area contributed by atoms with E-state index in [-0.39, 0.29) is 37.3 Å². The highest BCUT2D eigenvalue weighted by molar-refractivity contribution is 7.51. The summed E-state index contributed by atoms with van der Waals surface area (Å²) in [6, 6.07) is 26.4. The van der Waals surface area contributed by atoms with Crippen LogP contribution in [0.5, 0.6) is 0 Å². The summed E-state index contributed by atoms with van der Waals surface area (Å²) in [4.78, 5) is 44.7. The van der Waals surface area contributed by atoms with E-state index >= 15 is 0 Å². The minimum atomic E-state index is -1.97. The van der Waals surface area contributed by atoms with Crippen LogP contribution in [0, 0.1) is 5.92 Å². The molecule has 43 heavy (non-hydrogen) atoms. The van der Waals surface area contributed by atoms with Crippen molar-refractivity contribution in [3.63, 3.8) is 0 Å². The van der Waals surface area contributed by atoms with E-state index in [4.69, 9.17) is 9.47 Å². The van der Waals surface area contributed by atoms with E-state index in [2.05, 4.69) is 12.1 Å². The number of carbonyl (C=O) groups is 2. The summed E-state index contributed by atoms with van der Waals surface area (Å²) < 4.78 is 11.7. The van der Waals surface area contributed by atoms with Crippen LogP contribution in [0.25, 0.3) is 0 Å². The minimum Gasteiger partial charge on any atom is -0.627 e. The van der Waals surface area contributed by atoms with Gasteiger partial charge in [-0.2, -0.15) is 0 Å². The molecule has 0 saturated carbocycles. The maximum absolute atomic E-state index is 14.4. The molecule has 0 aromatic heterocycles. The van der Waals surface area contributed by atoms with Crippen LogP contribution >= 0.6 is 7.77 Å². The number of amides is 2. The molecule has 2 unspecified atom stereocenters. The van der Waals surface area contributed by atoms with Gasteiger partial charge in [0.2, 0.25) is 0 Å². The summed E-state index contributed by atoms with van der Waals surface area (Å²) >= 11 is 0. The quantitative estimate of drug-likeness (QED) is 0.133. The lowest BCUT2D eigenvalue weighted by molar-refractivity contribution is -0.154. The SMILES string of the molecule is CCOC(N(CC(C)C)C(=O)N1Cc2ccccc2CC1C(=O)OCc1ccccc1)=[P+]([O-])CCCCc1ccccc1. The highest BCUT2D eigenvalue weighted by atomic mass is 31.1. The van der Waals surface area contributed by atoms with Crippen molar-refractivity contribution >= 4 is 25.4 Å². The molecular weight excluding hydrogens is 559 g/mol. The second-order valence-corrected chi connectivity index (χ2v) is 12.8. The first-order valence-corrected chi connectivity index (χ1v) is 16.7. The molecule has 3 aromatic carbocycles. The smallest absolute Gasteiger partial charge is 0.330 e. The highest BCUT2D eigenvalue weighted by Gasteiger charge is 2.40. The van der Waals surface area contributed by atoms with Gasteiger partial charge in [0.1, 0.15) is 26.6 Å². The van der Waals surface area contributed by atoms with Crippen LogP contribution in [0.2, 0.25) is 0 Å². The Bertz CT molecular complexity index is 1360. The van der Waals surface area contributed by atoms with E-state index in [9.17, 15) is 14.5 Å². The van der Waals surface area contributed by atoms with E-state index in [1.165, 1.54) is 10.5 Å². The van der Waals surface area contributed by atoms with Gasteiger partial charge in [0.15, 0.2) is 0 Å². The van der Waals surface area contributed by atoms with E-state index < -0.39 is 19.8 Å². The lowest BCUT2D eigenvalue weighted by atomic mass is 9.94. The topological polar surface area (TPSA) is 82.1 Å². The summed E-state index contributed by atoms with van der Waals surface area (Å²) in [5, 5.41) is 0. The first-order valence-electron chi connectivity index (χ1n) is 15.2. The van der Waals surface area contributed by atoms with Gasteiger partial charge in [-0.3, -0.25) is 4.74 Å². The van der Waals surface area contributed by atoms with Crippen LogP contribution in [0.15, 0.2) is 84.9 Å². The zero-order valence-electron chi connectivity index (χ0n) is 25.5. The van der Waals surface area contributed by atoms with Crippen LogP contribution in [0.3, 0.4) is 0 Å². The van der Waals surface area contributed by atoms with Gasteiger partial charge >= 0.3 is 17.6 Å². The number of carbonyl (C=O) groups excluding carboxylic acids is 2. The molecule has 0 bridgehead atoms. The monoisotopic (exact) mass is 602 g/mol. The first-order chi connectivity index (χ1) is 20.9. The normalized spacial score (nSPS) is 15.1. The Labute approximate surface area is 256 Å². The van der Waals surface area contributed by atoms with Crippen molar-refractivity contribution < 1.29 is 24.0 Å². The number of fused-ring (bicyclic) bond motifs is 1. The molecule has 1 heterocycles. The average Bonchev–Trinajstić information content (AvgIpc) is 3.03. The third-order valence-electron chi connectivity index (χ3n) is 7.41. The molecule has 0 spiro atoms. The third kappa shape index (κ3) is 9.24. The fourth-order valence-corrected chi connectivity index (χ4v) is 6.67. The van der Waals surface area contributed by atoms with Gasteiger partial charge in [0, 0.05) is 19.5 Å². The second-order valence-electron chi connectivity index (χ2n) is 11.3. The van der Waals surface area contributed by atoms with Gasteiger partial charge in [-0.25, -0.2) is 14.5 Å². The molecule has 8 heteroatoms. The minimum absolute atomic E-state index is 0.0847. The van der Waals surface area contributed by atoms with Crippen molar-refractivity contribution in [3.8, 4) is 0 Å². The Morgan fingerprint density at radius 1 is 0.907 bits per heavy atom. The molecule has 1 aliphatic heterocycles. The molecule has 0 fully saturated rings.